The molecule has 3 rings (SSSR count). The second-order valence-electron chi connectivity index (χ2n) is 9.12. The van der Waals surface area contributed by atoms with Crippen molar-refractivity contribution in [2.75, 3.05) is 0 Å². The molecular formula is C25H29F3N2O4. The summed E-state index contributed by atoms with van der Waals surface area (Å²) < 4.78 is 51.8. The molecular weight excluding hydrogens is 449 g/mol. The molecule has 0 fully saturated rings. The van der Waals surface area contributed by atoms with Crippen LogP contribution >= 0.6 is 0 Å². The van der Waals surface area contributed by atoms with Crippen molar-refractivity contribution in [1.82, 2.24) is 10.0 Å². The maximum absolute atomic E-state index is 14.6. The van der Waals surface area contributed by atoms with Gasteiger partial charge in [-0.15, -0.1) is 0 Å². The summed E-state index contributed by atoms with van der Waals surface area (Å²) in [4.78, 5) is 18.5. The summed E-state index contributed by atoms with van der Waals surface area (Å²) in [6.07, 6.45) is 5.34. The number of aromatic nitrogens is 1. The number of fused-ring (bicyclic) bond motifs is 3. The second kappa shape index (κ2) is 9.58. The molecule has 0 unspecified atom stereocenters. The maximum Gasteiger partial charge on any atom is 0.387 e. The van der Waals surface area contributed by atoms with E-state index in [0.717, 1.165) is 6.07 Å². The normalized spacial score (nSPS) is 13.2. The Morgan fingerprint density at radius 3 is 2.47 bits per heavy atom. The average Bonchev–Trinajstić information content (AvgIpc) is 3.03. The highest BCUT2D eigenvalue weighted by atomic mass is 19.3. The molecule has 1 aromatic carbocycles. The topological polar surface area (TPSA) is 65.6 Å². The smallest absolute Gasteiger partial charge is 0.387 e. The highest BCUT2D eigenvalue weighted by Gasteiger charge is 2.23. The molecule has 0 aliphatic rings. The van der Waals surface area contributed by atoms with Gasteiger partial charge in [-0.3, -0.25) is 10.3 Å². The molecule has 0 radical (unpaired) electrons. The summed E-state index contributed by atoms with van der Waals surface area (Å²) in [5, 5.41) is 0.420. The minimum atomic E-state index is -3.18. The lowest BCUT2D eigenvalue weighted by Gasteiger charge is -2.20. The van der Waals surface area contributed by atoms with Crippen LogP contribution in [0.2, 0.25) is 0 Å². The van der Waals surface area contributed by atoms with Crippen molar-refractivity contribution in [1.29, 1.82) is 0 Å². The Bertz CT molecular complexity index is 1330. The van der Waals surface area contributed by atoms with Crippen molar-refractivity contribution in [3.8, 4) is 5.75 Å². The van der Waals surface area contributed by atoms with Crippen molar-refractivity contribution in [2.45, 2.75) is 66.7 Å². The number of ether oxygens (including phenoxy) is 1. The summed E-state index contributed by atoms with van der Waals surface area (Å²) in [6.45, 7) is 9.78. The van der Waals surface area contributed by atoms with Gasteiger partial charge in [0.15, 0.2) is 11.6 Å². The molecule has 184 valence electrons. The van der Waals surface area contributed by atoms with Crippen LogP contribution < -0.4 is 15.8 Å². The van der Waals surface area contributed by atoms with Crippen LogP contribution in [0.4, 0.5) is 13.2 Å². The zero-order valence-corrected chi connectivity index (χ0v) is 20.3. The Balaban J connectivity index is 2.29. The molecule has 1 N–H and O–H groups in total. The van der Waals surface area contributed by atoms with E-state index in [0.29, 0.717) is 28.1 Å². The van der Waals surface area contributed by atoms with Gasteiger partial charge in [0.2, 0.25) is 0 Å². The molecule has 9 heteroatoms. The summed E-state index contributed by atoms with van der Waals surface area (Å²) in [5.74, 6) is -1.23. The van der Waals surface area contributed by atoms with Gasteiger partial charge in [0.25, 0.3) is 0 Å². The Morgan fingerprint density at radius 1 is 1.24 bits per heavy atom. The molecule has 0 saturated heterocycles. The highest BCUT2D eigenvalue weighted by molar-refractivity contribution is 6.10. The van der Waals surface area contributed by atoms with Gasteiger partial charge in [0.05, 0.1) is 27.7 Å². The Labute approximate surface area is 195 Å². The lowest BCUT2D eigenvalue weighted by Crippen LogP contribution is -2.28. The SMILES string of the molecule is C/C=C(\C=C/c1c(C)oc(=O)c2c3cc(F)c(OC(F)F)cc3n(C(C)C)c12)NOC(C)(C)C. The van der Waals surface area contributed by atoms with Crippen molar-refractivity contribution in [3.05, 3.63) is 57.5 Å². The number of halogens is 3. The largest absolute Gasteiger partial charge is 0.432 e. The fourth-order valence-electron chi connectivity index (χ4n) is 3.69. The van der Waals surface area contributed by atoms with Gasteiger partial charge in [-0.05, 0) is 66.7 Å². The van der Waals surface area contributed by atoms with Crippen LogP contribution in [0.1, 0.15) is 58.9 Å². The number of hydrogen-bond acceptors (Lipinski definition) is 5. The van der Waals surface area contributed by atoms with Crippen molar-refractivity contribution < 1.29 is 27.2 Å². The van der Waals surface area contributed by atoms with Gasteiger partial charge < -0.3 is 13.7 Å². The standard InChI is InChI=1S/C25H29F3N2O4/c1-8-15(29-34-25(5,6)7)9-10-16-14(4)32-23(31)21-17-11-18(26)20(33-24(27)28)12-19(17)30(13(2)3)22(16)21/h8-13,24,29H,1-7H3/b10-9-,15-8+. The third-order valence-corrected chi connectivity index (χ3v) is 5.09. The van der Waals surface area contributed by atoms with Crippen LogP contribution in [-0.4, -0.2) is 16.8 Å². The minimum Gasteiger partial charge on any atom is -0.432 e. The van der Waals surface area contributed by atoms with Gasteiger partial charge in [-0.25, -0.2) is 9.18 Å². The Hall–Kier alpha value is -3.20. The number of hydrogen-bond donors (Lipinski definition) is 1. The first-order valence-corrected chi connectivity index (χ1v) is 10.9. The van der Waals surface area contributed by atoms with E-state index in [2.05, 4.69) is 10.2 Å². The summed E-state index contributed by atoms with van der Waals surface area (Å²) in [5.41, 5.74) is 3.98. The molecule has 0 aliphatic heterocycles. The highest BCUT2D eigenvalue weighted by Crippen LogP contribution is 2.37. The predicted molar refractivity (Wildman–Crippen MR) is 126 cm³/mol. The molecule has 0 saturated carbocycles. The molecule has 0 spiro atoms. The third-order valence-electron chi connectivity index (χ3n) is 5.09. The second-order valence-corrected chi connectivity index (χ2v) is 9.12. The van der Waals surface area contributed by atoms with E-state index in [1.165, 1.54) is 6.07 Å². The van der Waals surface area contributed by atoms with Gasteiger partial charge >= 0.3 is 12.2 Å². The number of aryl methyl sites for hydroxylation is 1. The number of nitrogens with zero attached hydrogens (tertiary/aromatic N) is 1. The van der Waals surface area contributed by atoms with E-state index in [1.807, 2.05) is 47.6 Å². The first-order valence-electron chi connectivity index (χ1n) is 10.9. The molecule has 0 atom stereocenters. The van der Waals surface area contributed by atoms with Crippen molar-refractivity contribution >= 4 is 27.9 Å². The van der Waals surface area contributed by atoms with E-state index in [1.54, 1.807) is 23.6 Å². The summed E-state index contributed by atoms with van der Waals surface area (Å²) in [7, 11) is 0. The number of nitrogens with one attached hydrogen (secondary N) is 1. The van der Waals surface area contributed by atoms with E-state index in [4.69, 9.17) is 9.25 Å². The molecule has 2 aromatic heterocycles. The first kappa shape index (κ1) is 25.4. The number of benzene rings is 1. The number of hydroxylamine groups is 1. The maximum atomic E-state index is 14.6. The van der Waals surface area contributed by atoms with Gasteiger partial charge in [-0.1, -0.05) is 6.08 Å². The number of allylic oxidation sites excluding steroid dienone is 2. The molecule has 0 bridgehead atoms. The zero-order valence-electron chi connectivity index (χ0n) is 20.3. The Morgan fingerprint density at radius 2 is 1.91 bits per heavy atom. The fourth-order valence-corrected chi connectivity index (χ4v) is 3.69. The van der Waals surface area contributed by atoms with E-state index < -0.39 is 29.4 Å². The average molecular weight is 479 g/mol. The van der Waals surface area contributed by atoms with Gasteiger partial charge in [0, 0.05) is 23.1 Å². The summed E-state index contributed by atoms with van der Waals surface area (Å²) in [6, 6.07) is 2.03. The third kappa shape index (κ3) is 5.14. The van der Waals surface area contributed by atoms with Crippen LogP contribution in [0.25, 0.3) is 27.9 Å². The van der Waals surface area contributed by atoms with E-state index in [-0.39, 0.29) is 16.8 Å². The monoisotopic (exact) mass is 478 g/mol. The zero-order chi connectivity index (χ0) is 25.4. The van der Waals surface area contributed by atoms with Crippen LogP contribution in [0.3, 0.4) is 0 Å². The molecule has 6 nitrogen and oxygen atoms in total. The summed E-state index contributed by atoms with van der Waals surface area (Å²) >= 11 is 0. The minimum absolute atomic E-state index is 0.164. The van der Waals surface area contributed by atoms with Crippen LogP contribution in [0.5, 0.6) is 5.75 Å². The van der Waals surface area contributed by atoms with E-state index in [9.17, 15) is 18.0 Å². The lowest BCUT2D eigenvalue weighted by molar-refractivity contribution is -0.0562. The lowest BCUT2D eigenvalue weighted by atomic mass is 10.1. The van der Waals surface area contributed by atoms with Gasteiger partial charge in [0.1, 0.15) is 5.76 Å². The van der Waals surface area contributed by atoms with Crippen LogP contribution in [-0.2, 0) is 4.84 Å². The molecule has 2 heterocycles. The van der Waals surface area contributed by atoms with Crippen molar-refractivity contribution in [2.24, 2.45) is 0 Å². The van der Waals surface area contributed by atoms with Crippen molar-refractivity contribution in [3.63, 3.8) is 0 Å². The Kier molecular flexibility index (Phi) is 7.16. The molecule has 0 aliphatic carbocycles. The first-order chi connectivity index (χ1) is 15.8. The van der Waals surface area contributed by atoms with Crippen LogP contribution in [0, 0.1) is 12.7 Å². The molecule has 34 heavy (non-hydrogen) atoms. The predicted octanol–water partition coefficient (Wildman–Crippen LogP) is 6.61. The van der Waals surface area contributed by atoms with Gasteiger partial charge in [-0.2, -0.15) is 8.78 Å². The van der Waals surface area contributed by atoms with E-state index >= 15 is 0 Å². The van der Waals surface area contributed by atoms with Crippen LogP contribution in [0.15, 0.2) is 39.2 Å². The fraction of sp³-hybridized carbons (Fsp3) is 0.400. The number of rotatable bonds is 7. The number of alkyl halides is 2. The quantitative estimate of drug-likeness (QED) is 0.306. The molecule has 3 aromatic rings. The molecule has 0 amide bonds.